The smallest absolute Gasteiger partial charge is 0.347 e. The lowest BCUT2D eigenvalue weighted by molar-refractivity contribution is -0.151. The number of rotatable bonds is 8. The van der Waals surface area contributed by atoms with E-state index in [-0.39, 0.29) is 5.97 Å². The Bertz CT molecular complexity index is 432. The molecule has 0 aromatic heterocycles. The van der Waals surface area contributed by atoms with E-state index < -0.39 is 6.10 Å². The molecule has 0 fully saturated rings. The first-order valence-corrected chi connectivity index (χ1v) is 7.25. The standard InChI is InChI=1S/C16H25NO3/c1-5-14(16(18)19-7-3)20-15-9-8-12(4)10-13(15)11-17-6-2/h8-10,14,17H,5-7,11H2,1-4H3. The zero-order valence-corrected chi connectivity index (χ0v) is 12.9. The molecule has 0 amide bonds. The Kier molecular flexibility index (Phi) is 7.09. The fourth-order valence-corrected chi connectivity index (χ4v) is 1.91. The van der Waals surface area contributed by atoms with Crippen molar-refractivity contribution in [1.29, 1.82) is 0 Å². The molecule has 0 saturated carbocycles. The highest BCUT2D eigenvalue weighted by molar-refractivity contribution is 5.75. The van der Waals surface area contributed by atoms with Gasteiger partial charge in [0.1, 0.15) is 5.75 Å². The van der Waals surface area contributed by atoms with Crippen LogP contribution in [0.2, 0.25) is 0 Å². The average Bonchev–Trinajstić information content (AvgIpc) is 2.44. The maximum Gasteiger partial charge on any atom is 0.347 e. The zero-order chi connectivity index (χ0) is 15.0. The van der Waals surface area contributed by atoms with Crippen LogP contribution in [0.15, 0.2) is 18.2 Å². The monoisotopic (exact) mass is 279 g/mol. The Labute approximate surface area is 121 Å². The van der Waals surface area contributed by atoms with Gasteiger partial charge in [0, 0.05) is 12.1 Å². The number of esters is 1. The molecule has 0 aliphatic rings. The van der Waals surface area contributed by atoms with Gasteiger partial charge in [0.05, 0.1) is 6.61 Å². The van der Waals surface area contributed by atoms with E-state index in [0.717, 1.165) is 24.4 Å². The highest BCUT2D eigenvalue weighted by atomic mass is 16.6. The molecule has 0 heterocycles. The predicted molar refractivity (Wildman–Crippen MR) is 79.9 cm³/mol. The Morgan fingerprint density at radius 2 is 2.05 bits per heavy atom. The van der Waals surface area contributed by atoms with Gasteiger partial charge >= 0.3 is 5.97 Å². The van der Waals surface area contributed by atoms with Gasteiger partial charge in [-0.25, -0.2) is 4.79 Å². The first-order valence-electron chi connectivity index (χ1n) is 7.25. The quantitative estimate of drug-likeness (QED) is 0.743. The summed E-state index contributed by atoms with van der Waals surface area (Å²) in [4.78, 5) is 11.8. The predicted octanol–water partition coefficient (Wildman–Crippen LogP) is 2.83. The molecule has 0 aliphatic heterocycles. The van der Waals surface area contributed by atoms with Gasteiger partial charge in [0.2, 0.25) is 0 Å². The van der Waals surface area contributed by atoms with Gasteiger partial charge in [0.15, 0.2) is 6.10 Å². The van der Waals surface area contributed by atoms with Gasteiger partial charge in [-0.1, -0.05) is 31.5 Å². The van der Waals surface area contributed by atoms with E-state index in [1.807, 2.05) is 26.0 Å². The molecule has 20 heavy (non-hydrogen) atoms. The first kappa shape index (κ1) is 16.5. The highest BCUT2D eigenvalue weighted by Crippen LogP contribution is 2.22. The summed E-state index contributed by atoms with van der Waals surface area (Å²) in [5, 5.41) is 3.28. The van der Waals surface area contributed by atoms with Gasteiger partial charge in [-0.05, 0) is 32.9 Å². The van der Waals surface area contributed by atoms with Crippen LogP contribution >= 0.6 is 0 Å². The molecular formula is C16H25NO3. The Morgan fingerprint density at radius 1 is 1.30 bits per heavy atom. The van der Waals surface area contributed by atoms with Crippen LogP contribution in [0.5, 0.6) is 5.75 Å². The minimum atomic E-state index is -0.543. The van der Waals surface area contributed by atoms with Crippen LogP contribution in [0.1, 0.15) is 38.3 Å². The van der Waals surface area contributed by atoms with Crippen LogP contribution < -0.4 is 10.1 Å². The van der Waals surface area contributed by atoms with Gasteiger partial charge < -0.3 is 14.8 Å². The lowest BCUT2D eigenvalue weighted by Gasteiger charge is -2.19. The Morgan fingerprint density at radius 3 is 2.65 bits per heavy atom. The summed E-state index contributed by atoms with van der Waals surface area (Å²) >= 11 is 0. The molecule has 1 unspecified atom stereocenters. The number of aryl methyl sites for hydroxylation is 1. The molecule has 1 aromatic rings. The van der Waals surface area contributed by atoms with Crippen molar-refractivity contribution in [3.63, 3.8) is 0 Å². The van der Waals surface area contributed by atoms with E-state index in [1.54, 1.807) is 6.92 Å². The van der Waals surface area contributed by atoms with Gasteiger partial charge in [-0.15, -0.1) is 0 Å². The zero-order valence-electron chi connectivity index (χ0n) is 12.9. The van der Waals surface area contributed by atoms with E-state index >= 15 is 0 Å². The third kappa shape index (κ3) is 4.85. The molecule has 0 spiro atoms. The molecule has 4 nitrogen and oxygen atoms in total. The number of ether oxygens (including phenoxy) is 2. The van der Waals surface area contributed by atoms with E-state index in [2.05, 4.69) is 18.3 Å². The second kappa shape index (κ2) is 8.59. The van der Waals surface area contributed by atoms with Gasteiger partial charge in [-0.3, -0.25) is 0 Å². The topological polar surface area (TPSA) is 47.6 Å². The molecular weight excluding hydrogens is 254 g/mol. The van der Waals surface area contributed by atoms with Crippen LogP contribution in [-0.2, 0) is 16.1 Å². The molecule has 4 heteroatoms. The summed E-state index contributed by atoms with van der Waals surface area (Å²) in [5.74, 6) is 0.446. The molecule has 0 bridgehead atoms. The third-order valence-electron chi connectivity index (χ3n) is 2.97. The summed E-state index contributed by atoms with van der Waals surface area (Å²) in [6.07, 6.45) is 0.0471. The van der Waals surface area contributed by atoms with Crippen molar-refractivity contribution in [3.05, 3.63) is 29.3 Å². The fraction of sp³-hybridized carbons (Fsp3) is 0.562. The van der Waals surface area contributed by atoms with Crippen molar-refractivity contribution in [2.24, 2.45) is 0 Å². The van der Waals surface area contributed by atoms with E-state index in [4.69, 9.17) is 9.47 Å². The number of nitrogens with one attached hydrogen (secondary N) is 1. The van der Waals surface area contributed by atoms with E-state index in [9.17, 15) is 4.79 Å². The van der Waals surface area contributed by atoms with Crippen LogP contribution in [0.25, 0.3) is 0 Å². The summed E-state index contributed by atoms with van der Waals surface area (Å²) in [5.41, 5.74) is 2.24. The minimum Gasteiger partial charge on any atom is -0.478 e. The summed E-state index contributed by atoms with van der Waals surface area (Å²) in [7, 11) is 0. The molecule has 0 saturated heterocycles. The number of carbonyl (C=O) groups excluding carboxylic acids is 1. The van der Waals surface area contributed by atoms with Crippen molar-refractivity contribution in [3.8, 4) is 5.75 Å². The van der Waals surface area contributed by atoms with Gasteiger partial charge in [0.25, 0.3) is 0 Å². The summed E-state index contributed by atoms with van der Waals surface area (Å²) < 4.78 is 10.9. The molecule has 0 radical (unpaired) electrons. The maximum atomic E-state index is 11.8. The van der Waals surface area contributed by atoms with E-state index in [1.165, 1.54) is 5.56 Å². The highest BCUT2D eigenvalue weighted by Gasteiger charge is 2.20. The number of benzene rings is 1. The second-order valence-corrected chi connectivity index (χ2v) is 4.66. The summed E-state index contributed by atoms with van der Waals surface area (Å²) in [6.45, 7) is 9.81. The Hall–Kier alpha value is -1.55. The minimum absolute atomic E-state index is 0.301. The number of hydrogen-bond acceptors (Lipinski definition) is 4. The van der Waals surface area contributed by atoms with Crippen LogP contribution in [0, 0.1) is 6.92 Å². The van der Waals surface area contributed by atoms with Crippen LogP contribution in [0.3, 0.4) is 0 Å². The molecule has 1 atom stereocenters. The lowest BCUT2D eigenvalue weighted by Crippen LogP contribution is -2.29. The first-order chi connectivity index (χ1) is 9.62. The number of hydrogen-bond donors (Lipinski definition) is 1. The molecule has 1 rings (SSSR count). The van der Waals surface area contributed by atoms with Gasteiger partial charge in [-0.2, -0.15) is 0 Å². The second-order valence-electron chi connectivity index (χ2n) is 4.66. The molecule has 1 N–H and O–H groups in total. The summed E-state index contributed by atoms with van der Waals surface area (Å²) in [6, 6.07) is 5.99. The normalized spacial score (nSPS) is 12.0. The Balaban J connectivity index is 2.85. The average molecular weight is 279 g/mol. The lowest BCUT2D eigenvalue weighted by atomic mass is 10.1. The molecule has 112 valence electrons. The molecule has 0 aliphatic carbocycles. The third-order valence-corrected chi connectivity index (χ3v) is 2.97. The van der Waals surface area contributed by atoms with Crippen molar-refractivity contribution < 1.29 is 14.3 Å². The van der Waals surface area contributed by atoms with Crippen molar-refractivity contribution in [2.45, 2.75) is 46.8 Å². The van der Waals surface area contributed by atoms with Crippen molar-refractivity contribution in [2.75, 3.05) is 13.2 Å². The fourth-order valence-electron chi connectivity index (χ4n) is 1.91. The maximum absolute atomic E-state index is 11.8. The largest absolute Gasteiger partial charge is 0.478 e. The van der Waals surface area contributed by atoms with Crippen LogP contribution in [-0.4, -0.2) is 25.2 Å². The van der Waals surface area contributed by atoms with E-state index in [0.29, 0.717) is 13.0 Å². The van der Waals surface area contributed by atoms with Crippen molar-refractivity contribution >= 4 is 5.97 Å². The van der Waals surface area contributed by atoms with Crippen molar-refractivity contribution in [1.82, 2.24) is 5.32 Å². The van der Waals surface area contributed by atoms with Crippen LogP contribution in [0.4, 0.5) is 0 Å². The SMILES string of the molecule is CCNCc1cc(C)ccc1OC(CC)C(=O)OCC. The number of carbonyl (C=O) groups is 1. The molecule has 1 aromatic carbocycles.